The first-order valence-corrected chi connectivity index (χ1v) is 5.74. The summed E-state index contributed by atoms with van der Waals surface area (Å²) in [6.07, 6.45) is 1.89. The molecule has 84 valence electrons. The summed E-state index contributed by atoms with van der Waals surface area (Å²) in [5.74, 6) is 0.652. The molecule has 0 saturated heterocycles. The van der Waals surface area contributed by atoms with Gasteiger partial charge in [0, 0.05) is 18.7 Å². The monoisotopic (exact) mass is 228 g/mol. The molecule has 0 aromatic rings. The van der Waals surface area contributed by atoms with Gasteiger partial charge >= 0.3 is 0 Å². The number of hydrogen-bond donors (Lipinski definition) is 0. The van der Waals surface area contributed by atoms with Crippen molar-refractivity contribution in [1.82, 2.24) is 4.90 Å². The van der Waals surface area contributed by atoms with E-state index in [1.54, 1.807) is 4.90 Å². The number of rotatable bonds is 4. The summed E-state index contributed by atoms with van der Waals surface area (Å²) in [6.45, 7) is 7.38. The maximum Gasteiger partial charge on any atom is 0.271 e. The number of amides is 1. The van der Waals surface area contributed by atoms with Crippen LogP contribution in [0.2, 0.25) is 0 Å². The van der Waals surface area contributed by atoms with Crippen molar-refractivity contribution < 1.29 is 4.79 Å². The predicted octanol–water partition coefficient (Wildman–Crippen LogP) is 2.56. The van der Waals surface area contributed by atoms with Crippen LogP contribution < -0.4 is 0 Å². The molecule has 1 amide bonds. The highest BCUT2D eigenvalue weighted by Crippen LogP contribution is 2.24. The molecule has 1 aliphatic heterocycles. The van der Waals surface area contributed by atoms with Crippen molar-refractivity contribution in [3.63, 3.8) is 0 Å². The van der Waals surface area contributed by atoms with Gasteiger partial charge in [0.15, 0.2) is 0 Å². The van der Waals surface area contributed by atoms with Crippen molar-refractivity contribution in [2.75, 3.05) is 13.1 Å². The van der Waals surface area contributed by atoms with Gasteiger partial charge in [0.05, 0.1) is 0 Å². The summed E-state index contributed by atoms with van der Waals surface area (Å²) < 4.78 is 0. The fourth-order valence-electron chi connectivity index (χ4n) is 1.53. The van der Waals surface area contributed by atoms with Gasteiger partial charge in [-0.15, -0.1) is 0 Å². The zero-order chi connectivity index (χ0) is 11.4. The minimum absolute atomic E-state index is 0.106. The minimum atomic E-state index is -0.106. The van der Waals surface area contributed by atoms with Crippen LogP contribution in [0.4, 0.5) is 0 Å². The molecule has 1 aliphatic rings. The topological polar surface area (TPSA) is 32.7 Å². The van der Waals surface area contributed by atoms with Crippen molar-refractivity contribution in [2.24, 2.45) is 4.99 Å². The molecule has 0 aromatic carbocycles. The largest absolute Gasteiger partial charge is 0.292 e. The van der Waals surface area contributed by atoms with E-state index in [1.165, 1.54) is 0 Å². The Balaban J connectivity index is 2.94. The lowest BCUT2D eigenvalue weighted by molar-refractivity contribution is -0.122. The van der Waals surface area contributed by atoms with Crippen molar-refractivity contribution in [3.8, 4) is 0 Å². The number of carbonyl (C=O) groups is 1. The summed E-state index contributed by atoms with van der Waals surface area (Å²) in [7, 11) is 0. The molecule has 1 rings (SSSR count). The minimum Gasteiger partial charge on any atom is -0.292 e. The van der Waals surface area contributed by atoms with Crippen LogP contribution in [-0.4, -0.2) is 29.7 Å². The second-order valence-electron chi connectivity index (χ2n) is 3.60. The second kappa shape index (κ2) is 5.31. The molecule has 0 N–H and O–H groups in total. The fourth-order valence-corrected chi connectivity index (χ4v) is 1.71. The summed E-state index contributed by atoms with van der Waals surface area (Å²) >= 11 is 5.92. The first-order valence-electron chi connectivity index (χ1n) is 5.36. The molecule has 15 heavy (non-hydrogen) atoms. The molecule has 0 spiro atoms. The van der Waals surface area contributed by atoms with Gasteiger partial charge in [0.25, 0.3) is 5.91 Å². The van der Waals surface area contributed by atoms with E-state index in [9.17, 15) is 4.79 Å². The Morgan fingerprint density at radius 2 is 2.00 bits per heavy atom. The molecule has 0 bridgehead atoms. The maximum atomic E-state index is 11.7. The lowest BCUT2D eigenvalue weighted by Crippen LogP contribution is -2.32. The number of aliphatic imine (C=N–C) groups is 1. The maximum absolute atomic E-state index is 11.7. The zero-order valence-corrected chi connectivity index (χ0v) is 10.3. The molecule has 3 nitrogen and oxygen atoms in total. The van der Waals surface area contributed by atoms with E-state index >= 15 is 0 Å². The number of amidine groups is 1. The Bertz CT molecular complexity index is 321. The first-order chi connectivity index (χ1) is 7.13. The number of hydrogen-bond acceptors (Lipinski definition) is 2. The van der Waals surface area contributed by atoms with Gasteiger partial charge in [-0.05, 0) is 19.8 Å². The Labute approximate surface area is 95.8 Å². The standard InChI is InChI=1S/C11H17ClN2O/c1-4-6-13-10-8(3)9(12)11(15)14(10)7-5-2/h4-7H2,1-3H3. The Morgan fingerprint density at radius 1 is 1.33 bits per heavy atom. The highest BCUT2D eigenvalue weighted by atomic mass is 35.5. The predicted molar refractivity (Wildman–Crippen MR) is 63.2 cm³/mol. The van der Waals surface area contributed by atoms with Crippen LogP contribution in [0.15, 0.2) is 15.6 Å². The van der Waals surface area contributed by atoms with E-state index in [2.05, 4.69) is 11.9 Å². The van der Waals surface area contributed by atoms with Crippen LogP contribution in [0.3, 0.4) is 0 Å². The molecule has 0 aliphatic carbocycles. The molecule has 0 aromatic heterocycles. The van der Waals surface area contributed by atoms with E-state index in [0.29, 0.717) is 11.6 Å². The molecule has 0 radical (unpaired) electrons. The lowest BCUT2D eigenvalue weighted by Gasteiger charge is -2.16. The van der Waals surface area contributed by atoms with Crippen LogP contribution in [0.5, 0.6) is 0 Å². The highest BCUT2D eigenvalue weighted by molar-refractivity contribution is 6.48. The van der Waals surface area contributed by atoms with Gasteiger partial charge in [0.2, 0.25) is 0 Å². The summed E-state index contributed by atoms with van der Waals surface area (Å²) in [4.78, 5) is 17.8. The van der Waals surface area contributed by atoms with Gasteiger partial charge in [0.1, 0.15) is 10.9 Å². The Kier molecular flexibility index (Phi) is 4.33. The van der Waals surface area contributed by atoms with Crippen LogP contribution >= 0.6 is 11.6 Å². The Hall–Kier alpha value is -0.830. The van der Waals surface area contributed by atoms with Gasteiger partial charge in [-0.3, -0.25) is 14.7 Å². The average molecular weight is 229 g/mol. The van der Waals surface area contributed by atoms with Gasteiger partial charge in [-0.25, -0.2) is 0 Å². The zero-order valence-electron chi connectivity index (χ0n) is 9.51. The fraction of sp³-hybridized carbons (Fsp3) is 0.636. The van der Waals surface area contributed by atoms with Gasteiger partial charge in [-0.1, -0.05) is 25.4 Å². The van der Waals surface area contributed by atoms with Crippen molar-refractivity contribution in [3.05, 3.63) is 10.6 Å². The molecular formula is C11H17ClN2O. The molecule has 1 heterocycles. The number of nitrogens with zero attached hydrogens (tertiary/aromatic N) is 2. The summed E-state index contributed by atoms with van der Waals surface area (Å²) in [6, 6.07) is 0. The van der Waals surface area contributed by atoms with Crippen LogP contribution in [0, 0.1) is 0 Å². The molecule has 0 unspecified atom stereocenters. The second-order valence-corrected chi connectivity index (χ2v) is 3.98. The van der Waals surface area contributed by atoms with Crippen molar-refractivity contribution in [1.29, 1.82) is 0 Å². The molecule has 4 heteroatoms. The van der Waals surface area contributed by atoms with E-state index in [-0.39, 0.29) is 5.91 Å². The van der Waals surface area contributed by atoms with Crippen molar-refractivity contribution >= 4 is 23.3 Å². The summed E-state index contributed by atoms with van der Waals surface area (Å²) in [5.41, 5.74) is 0.809. The van der Waals surface area contributed by atoms with E-state index in [0.717, 1.165) is 30.8 Å². The van der Waals surface area contributed by atoms with Crippen LogP contribution in [0.1, 0.15) is 33.6 Å². The quantitative estimate of drug-likeness (QED) is 0.728. The third-order valence-corrected chi connectivity index (χ3v) is 2.73. The lowest BCUT2D eigenvalue weighted by atomic mass is 10.3. The molecule has 0 atom stereocenters. The number of halogens is 1. The van der Waals surface area contributed by atoms with Gasteiger partial charge in [-0.2, -0.15) is 0 Å². The first kappa shape index (κ1) is 12.2. The third-order valence-electron chi connectivity index (χ3n) is 2.29. The van der Waals surface area contributed by atoms with Crippen LogP contribution in [0.25, 0.3) is 0 Å². The molecular weight excluding hydrogens is 212 g/mol. The molecule has 0 saturated carbocycles. The molecule has 0 fully saturated rings. The van der Waals surface area contributed by atoms with Crippen molar-refractivity contribution in [2.45, 2.75) is 33.6 Å². The third kappa shape index (κ3) is 2.40. The Morgan fingerprint density at radius 3 is 2.53 bits per heavy atom. The summed E-state index contributed by atoms with van der Waals surface area (Å²) in [5, 5.41) is 0.318. The number of carbonyl (C=O) groups excluding carboxylic acids is 1. The van der Waals surface area contributed by atoms with Crippen LogP contribution in [-0.2, 0) is 4.79 Å². The van der Waals surface area contributed by atoms with E-state index in [1.807, 2.05) is 13.8 Å². The highest BCUT2D eigenvalue weighted by Gasteiger charge is 2.32. The SMILES string of the molecule is CCCN=C1C(C)=C(Cl)C(=O)N1CCC. The normalized spacial score (nSPS) is 19.6. The van der Waals surface area contributed by atoms with Gasteiger partial charge < -0.3 is 0 Å². The van der Waals surface area contributed by atoms with E-state index in [4.69, 9.17) is 11.6 Å². The smallest absolute Gasteiger partial charge is 0.271 e. The average Bonchev–Trinajstić information content (AvgIpc) is 2.42. The van der Waals surface area contributed by atoms with E-state index < -0.39 is 0 Å².